The minimum atomic E-state index is 0.129. The van der Waals surface area contributed by atoms with Crippen molar-refractivity contribution in [2.45, 2.75) is 35.8 Å². The molecule has 2 N–H and O–H groups in total. The van der Waals surface area contributed by atoms with E-state index in [1.165, 1.54) is 22.6 Å². The summed E-state index contributed by atoms with van der Waals surface area (Å²) in [4.78, 5) is 1.30. The van der Waals surface area contributed by atoms with Gasteiger partial charge in [0.2, 0.25) is 0 Å². The van der Waals surface area contributed by atoms with E-state index in [9.17, 15) is 0 Å². The van der Waals surface area contributed by atoms with Crippen LogP contribution >= 0.6 is 23.5 Å². The van der Waals surface area contributed by atoms with Crippen LogP contribution in [0, 0.1) is 5.92 Å². The van der Waals surface area contributed by atoms with Gasteiger partial charge in [0.25, 0.3) is 0 Å². The van der Waals surface area contributed by atoms with Crippen LogP contribution < -0.4 is 5.73 Å². The fourth-order valence-corrected chi connectivity index (χ4v) is 5.12. The second-order valence-corrected chi connectivity index (χ2v) is 7.87. The molecular formula is C16H23NOS2. The molecule has 2 heterocycles. The van der Waals surface area contributed by atoms with Gasteiger partial charge in [-0.15, -0.1) is 11.8 Å². The van der Waals surface area contributed by atoms with Crippen molar-refractivity contribution < 1.29 is 4.74 Å². The summed E-state index contributed by atoms with van der Waals surface area (Å²) in [6.07, 6.45) is 5.53. The SMILES string of the molecule is CSc1ccc(C(N)C2CCOC3(CCSC3)C2)cc1. The zero-order valence-electron chi connectivity index (χ0n) is 12.0. The lowest BCUT2D eigenvalue weighted by molar-refractivity contribution is -0.0834. The highest BCUT2D eigenvalue weighted by molar-refractivity contribution is 7.99. The van der Waals surface area contributed by atoms with E-state index in [2.05, 4.69) is 30.5 Å². The van der Waals surface area contributed by atoms with Crippen LogP contribution in [0.25, 0.3) is 0 Å². The Hall–Kier alpha value is -0.160. The van der Waals surface area contributed by atoms with Crippen LogP contribution in [0.4, 0.5) is 0 Å². The summed E-state index contributed by atoms with van der Waals surface area (Å²) in [5, 5.41) is 0. The summed E-state index contributed by atoms with van der Waals surface area (Å²) in [5.74, 6) is 2.95. The van der Waals surface area contributed by atoms with Crippen molar-refractivity contribution in [3.8, 4) is 0 Å². The summed E-state index contributed by atoms with van der Waals surface area (Å²) in [7, 11) is 0. The maximum Gasteiger partial charge on any atom is 0.0783 e. The largest absolute Gasteiger partial charge is 0.374 e. The van der Waals surface area contributed by atoms with Crippen molar-refractivity contribution in [2.24, 2.45) is 11.7 Å². The number of rotatable bonds is 3. The third kappa shape index (κ3) is 3.03. The van der Waals surface area contributed by atoms with E-state index < -0.39 is 0 Å². The van der Waals surface area contributed by atoms with Gasteiger partial charge < -0.3 is 10.5 Å². The third-order valence-corrected chi connectivity index (χ3v) is 6.57. The molecule has 0 saturated carbocycles. The van der Waals surface area contributed by atoms with Crippen LogP contribution in [0.1, 0.15) is 30.9 Å². The standard InChI is InChI=1S/C16H23NOS2/c1-19-14-4-2-12(3-5-14)15(17)13-6-8-18-16(10-13)7-9-20-11-16/h2-5,13,15H,6-11,17H2,1H3. The first-order valence-corrected chi connectivity index (χ1v) is 9.72. The monoisotopic (exact) mass is 309 g/mol. The molecule has 110 valence electrons. The minimum absolute atomic E-state index is 0.129. The molecule has 3 unspecified atom stereocenters. The highest BCUT2D eigenvalue weighted by Gasteiger charge is 2.42. The highest BCUT2D eigenvalue weighted by atomic mass is 32.2. The molecule has 2 aliphatic heterocycles. The lowest BCUT2D eigenvalue weighted by atomic mass is 9.79. The molecule has 4 heteroatoms. The molecule has 3 atom stereocenters. The van der Waals surface area contributed by atoms with E-state index in [0.29, 0.717) is 5.92 Å². The van der Waals surface area contributed by atoms with E-state index in [1.54, 1.807) is 11.8 Å². The predicted molar refractivity (Wildman–Crippen MR) is 88.5 cm³/mol. The van der Waals surface area contributed by atoms with E-state index >= 15 is 0 Å². The van der Waals surface area contributed by atoms with Crippen LogP contribution in [-0.4, -0.2) is 30.0 Å². The Labute approximate surface area is 130 Å². The van der Waals surface area contributed by atoms with Gasteiger partial charge >= 0.3 is 0 Å². The number of ether oxygens (including phenoxy) is 1. The first-order chi connectivity index (χ1) is 9.72. The first kappa shape index (κ1) is 14.8. The lowest BCUT2D eigenvalue weighted by Gasteiger charge is -2.40. The Bertz CT molecular complexity index is 442. The summed E-state index contributed by atoms with van der Waals surface area (Å²) in [5.41, 5.74) is 7.95. The van der Waals surface area contributed by atoms with Gasteiger partial charge in [-0.3, -0.25) is 0 Å². The van der Waals surface area contributed by atoms with Crippen LogP contribution in [0.15, 0.2) is 29.2 Å². The van der Waals surface area contributed by atoms with Crippen molar-refractivity contribution in [1.29, 1.82) is 0 Å². The molecule has 2 nitrogen and oxygen atoms in total. The summed E-state index contributed by atoms with van der Waals surface area (Å²) in [6, 6.07) is 8.91. The van der Waals surface area contributed by atoms with Crippen LogP contribution in [0.3, 0.4) is 0 Å². The fraction of sp³-hybridized carbons (Fsp3) is 0.625. The van der Waals surface area contributed by atoms with Crippen molar-refractivity contribution in [1.82, 2.24) is 0 Å². The second kappa shape index (κ2) is 6.30. The summed E-state index contributed by atoms with van der Waals surface area (Å²) >= 11 is 3.80. The fourth-order valence-electron chi connectivity index (χ4n) is 3.33. The molecule has 0 aromatic heterocycles. The molecule has 0 bridgehead atoms. The molecule has 0 aliphatic carbocycles. The molecule has 2 saturated heterocycles. The van der Waals surface area contributed by atoms with E-state index in [4.69, 9.17) is 10.5 Å². The zero-order valence-corrected chi connectivity index (χ0v) is 13.6. The molecule has 1 aromatic carbocycles. The molecule has 2 fully saturated rings. The molecular weight excluding hydrogens is 286 g/mol. The molecule has 3 rings (SSSR count). The van der Waals surface area contributed by atoms with Crippen LogP contribution in [0.5, 0.6) is 0 Å². The molecule has 1 spiro atoms. The topological polar surface area (TPSA) is 35.2 Å². The van der Waals surface area contributed by atoms with Crippen molar-refractivity contribution in [2.75, 3.05) is 24.4 Å². The Morgan fingerprint density at radius 1 is 1.40 bits per heavy atom. The average Bonchev–Trinajstić information content (AvgIpc) is 2.94. The number of hydrogen-bond donors (Lipinski definition) is 1. The van der Waals surface area contributed by atoms with E-state index in [1.807, 2.05) is 11.8 Å². The van der Waals surface area contributed by atoms with Gasteiger partial charge in [0.15, 0.2) is 0 Å². The van der Waals surface area contributed by atoms with Crippen molar-refractivity contribution in [3.63, 3.8) is 0 Å². The Morgan fingerprint density at radius 3 is 2.85 bits per heavy atom. The lowest BCUT2D eigenvalue weighted by Crippen LogP contribution is -2.42. The van der Waals surface area contributed by atoms with Crippen molar-refractivity contribution in [3.05, 3.63) is 29.8 Å². The maximum absolute atomic E-state index is 6.54. The maximum atomic E-state index is 6.54. The van der Waals surface area contributed by atoms with Gasteiger partial charge in [0, 0.05) is 23.3 Å². The Kier molecular flexibility index (Phi) is 4.65. The number of nitrogens with two attached hydrogens (primary N) is 1. The van der Waals surface area contributed by atoms with E-state index in [0.717, 1.165) is 25.2 Å². The van der Waals surface area contributed by atoms with Gasteiger partial charge in [-0.05, 0) is 54.9 Å². The molecule has 0 radical (unpaired) electrons. The van der Waals surface area contributed by atoms with E-state index in [-0.39, 0.29) is 11.6 Å². The number of benzene rings is 1. The smallest absolute Gasteiger partial charge is 0.0783 e. The Balaban J connectivity index is 1.70. The molecule has 2 aliphatic rings. The van der Waals surface area contributed by atoms with Gasteiger partial charge in [0.05, 0.1) is 5.60 Å². The summed E-state index contributed by atoms with van der Waals surface area (Å²) in [6.45, 7) is 0.877. The second-order valence-electron chi connectivity index (χ2n) is 5.89. The normalized spacial score (nSPS) is 31.6. The molecule has 0 amide bonds. The zero-order chi connectivity index (χ0) is 14.0. The van der Waals surface area contributed by atoms with Gasteiger partial charge in [-0.2, -0.15) is 11.8 Å². The van der Waals surface area contributed by atoms with Gasteiger partial charge in [-0.1, -0.05) is 12.1 Å². The number of hydrogen-bond acceptors (Lipinski definition) is 4. The number of thioether (sulfide) groups is 2. The Morgan fingerprint density at radius 2 is 2.20 bits per heavy atom. The molecule has 1 aromatic rings. The highest BCUT2D eigenvalue weighted by Crippen LogP contribution is 2.43. The van der Waals surface area contributed by atoms with Gasteiger partial charge in [-0.25, -0.2) is 0 Å². The average molecular weight is 310 g/mol. The minimum Gasteiger partial charge on any atom is -0.374 e. The predicted octanol–water partition coefficient (Wildman–Crippen LogP) is 3.71. The van der Waals surface area contributed by atoms with Crippen molar-refractivity contribution >= 4 is 23.5 Å². The summed E-state index contributed by atoms with van der Waals surface area (Å²) < 4.78 is 6.10. The molecule has 20 heavy (non-hydrogen) atoms. The third-order valence-electron chi connectivity index (χ3n) is 4.61. The van der Waals surface area contributed by atoms with Gasteiger partial charge in [0.1, 0.15) is 0 Å². The first-order valence-electron chi connectivity index (χ1n) is 7.34. The van der Waals surface area contributed by atoms with Crippen LogP contribution in [0.2, 0.25) is 0 Å². The van der Waals surface area contributed by atoms with Crippen LogP contribution in [-0.2, 0) is 4.74 Å². The quantitative estimate of drug-likeness (QED) is 0.863.